The molecule has 2 N–H and O–H groups in total. The van der Waals surface area contributed by atoms with Gasteiger partial charge < -0.3 is 5.73 Å². The maximum Gasteiger partial charge on any atom is 0.0302 e. The smallest absolute Gasteiger partial charge is 0.0302 e. The van der Waals surface area contributed by atoms with Crippen molar-refractivity contribution in [1.29, 1.82) is 0 Å². The first-order chi connectivity index (χ1) is 6.27. The van der Waals surface area contributed by atoms with Crippen molar-refractivity contribution >= 4 is 24.4 Å². The molecule has 1 aromatic rings. The zero-order chi connectivity index (χ0) is 9.68. The van der Waals surface area contributed by atoms with E-state index in [4.69, 9.17) is 5.73 Å². The van der Waals surface area contributed by atoms with E-state index in [2.05, 4.69) is 43.2 Å². The summed E-state index contributed by atoms with van der Waals surface area (Å²) in [6.45, 7) is 0. The summed E-state index contributed by atoms with van der Waals surface area (Å²) in [4.78, 5) is 1.28. The largest absolute Gasteiger partial charge is 0.324 e. The van der Waals surface area contributed by atoms with E-state index >= 15 is 0 Å². The quantitative estimate of drug-likeness (QED) is 0.594. The van der Waals surface area contributed by atoms with Gasteiger partial charge in [0.25, 0.3) is 0 Å². The van der Waals surface area contributed by atoms with E-state index in [0.717, 1.165) is 12.2 Å². The summed E-state index contributed by atoms with van der Waals surface area (Å²) >= 11 is 5.91. The summed E-state index contributed by atoms with van der Waals surface area (Å²) in [5.41, 5.74) is 7.14. The van der Waals surface area contributed by atoms with Crippen LogP contribution in [0, 0.1) is 0 Å². The van der Waals surface area contributed by atoms with E-state index in [1.807, 2.05) is 0 Å². The molecular formula is C10H15NS2. The Hall–Kier alpha value is -0.120. The van der Waals surface area contributed by atoms with Crippen LogP contribution in [-0.2, 0) is 0 Å². The maximum absolute atomic E-state index is 5.94. The molecule has 3 heteroatoms. The molecule has 0 radical (unpaired) electrons. The van der Waals surface area contributed by atoms with Crippen LogP contribution in [0.4, 0.5) is 0 Å². The third kappa shape index (κ3) is 3.25. The highest BCUT2D eigenvalue weighted by atomic mass is 32.2. The Labute approximate surface area is 89.5 Å². The lowest BCUT2D eigenvalue weighted by Crippen LogP contribution is -2.10. The SMILES string of the molecule is CSc1ccc(C(N)CCS)cc1. The van der Waals surface area contributed by atoms with Crippen molar-refractivity contribution in [1.82, 2.24) is 0 Å². The normalized spacial score (nSPS) is 12.8. The molecule has 0 aliphatic carbocycles. The zero-order valence-electron chi connectivity index (χ0n) is 7.73. The van der Waals surface area contributed by atoms with Crippen LogP contribution in [0.2, 0.25) is 0 Å². The fourth-order valence-corrected chi connectivity index (χ4v) is 1.84. The zero-order valence-corrected chi connectivity index (χ0v) is 9.44. The molecule has 0 heterocycles. The van der Waals surface area contributed by atoms with Crippen LogP contribution in [0.5, 0.6) is 0 Å². The summed E-state index contributed by atoms with van der Waals surface area (Å²) in [5.74, 6) is 0.839. The molecule has 13 heavy (non-hydrogen) atoms. The summed E-state index contributed by atoms with van der Waals surface area (Å²) in [6.07, 6.45) is 3.00. The van der Waals surface area contributed by atoms with Crippen LogP contribution < -0.4 is 5.73 Å². The minimum atomic E-state index is 0.133. The Balaban J connectivity index is 2.67. The minimum Gasteiger partial charge on any atom is -0.324 e. The molecular weight excluding hydrogens is 198 g/mol. The third-order valence-electron chi connectivity index (χ3n) is 1.98. The van der Waals surface area contributed by atoms with Crippen molar-refractivity contribution in [2.75, 3.05) is 12.0 Å². The van der Waals surface area contributed by atoms with E-state index in [1.54, 1.807) is 11.8 Å². The number of benzene rings is 1. The van der Waals surface area contributed by atoms with Crippen molar-refractivity contribution in [3.63, 3.8) is 0 Å². The van der Waals surface area contributed by atoms with Crippen LogP contribution in [0.3, 0.4) is 0 Å². The van der Waals surface area contributed by atoms with Gasteiger partial charge in [-0.3, -0.25) is 0 Å². The molecule has 72 valence electrons. The molecule has 0 aliphatic rings. The minimum absolute atomic E-state index is 0.133. The molecule has 1 unspecified atom stereocenters. The van der Waals surface area contributed by atoms with Gasteiger partial charge in [-0.25, -0.2) is 0 Å². The number of hydrogen-bond acceptors (Lipinski definition) is 3. The number of hydrogen-bond donors (Lipinski definition) is 2. The van der Waals surface area contributed by atoms with Gasteiger partial charge in [-0.1, -0.05) is 12.1 Å². The summed E-state index contributed by atoms with van der Waals surface area (Å²) in [6, 6.07) is 8.55. The van der Waals surface area contributed by atoms with E-state index in [9.17, 15) is 0 Å². The van der Waals surface area contributed by atoms with Gasteiger partial charge in [-0.15, -0.1) is 11.8 Å². The van der Waals surface area contributed by atoms with Crippen molar-refractivity contribution < 1.29 is 0 Å². The molecule has 0 saturated heterocycles. The van der Waals surface area contributed by atoms with Crippen molar-refractivity contribution in [2.24, 2.45) is 5.73 Å². The van der Waals surface area contributed by atoms with Crippen molar-refractivity contribution in [2.45, 2.75) is 17.4 Å². The highest BCUT2D eigenvalue weighted by molar-refractivity contribution is 7.98. The van der Waals surface area contributed by atoms with E-state index in [0.29, 0.717) is 0 Å². The number of thiol groups is 1. The number of rotatable bonds is 4. The van der Waals surface area contributed by atoms with Crippen molar-refractivity contribution in [3.05, 3.63) is 29.8 Å². The molecule has 1 atom stereocenters. The van der Waals surface area contributed by atoms with Gasteiger partial charge in [-0.05, 0) is 36.1 Å². The lowest BCUT2D eigenvalue weighted by atomic mass is 10.1. The fourth-order valence-electron chi connectivity index (χ4n) is 1.16. The van der Waals surface area contributed by atoms with Gasteiger partial charge in [0.05, 0.1) is 0 Å². The summed E-state index contributed by atoms with van der Waals surface area (Å²) in [5, 5.41) is 0. The molecule has 1 aromatic carbocycles. The van der Waals surface area contributed by atoms with Crippen molar-refractivity contribution in [3.8, 4) is 0 Å². The van der Waals surface area contributed by atoms with Crippen LogP contribution >= 0.6 is 24.4 Å². The molecule has 0 aliphatic heterocycles. The van der Waals surface area contributed by atoms with Gasteiger partial charge in [0.1, 0.15) is 0 Å². The number of nitrogens with two attached hydrogens (primary N) is 1. The Kier molecular flexibility index (Phi) is 4.70. The van der Waals surface area contributed by atoms with Gasteiger partial charge in [-0.2, -0.15) is 12.6 Å². The van der Waals surface area contributed by atoms with Gasteiger partial charge in [0.2, 0.25) is 0 Å². The molecule has 0 aromatic heterocycles. The first-order valence-electron chi connectivity index (χ1n) is 4.28. The Morgan fingerprint density at radius 2 is 2.00 bits per heavy atom. The van der Waals surface area contributed by atoms with Gasteiger partial charge in [0.15, 0.2) is 0 Å². The average Bonchev–Trinajstić information content (AvgIpc) is 2.18. The third-order valence-corrected chi connectivity index (χ3v) is 2.99. The maximum atomic E-state index is 5.94. The van der Waals surface area contributed by atoms with Crippen LogP contribution in [0.25, 0.3) is 0 Å². The molecule has 0 spiro atoms. The second-order valence-electron chi connectivity index (χ2n) is 2.89. The summed E-state index contributed by atoms with van der Waals surface area (Å²) < 4.78 is 0. The van der Waals surface area contributed by atoms with Crippen LogP contribution in [0.1, 0.15) is 18.0 Å². The highest BCUT2D eigenvalue weighted by Gasteiger charge is 2.03. The molecule has 0 saturated carbocycles. The van der Waals surface area contributed by atoms with E-state index in [1.165, 1.54) is 10.5 Å². The molecule has 1 nitrogen and oxygen atoms in total. The van der Waals surface area contributed by atoms with Gasteiger partial charge >= 0.3 is 0 Å². The molecule has 1 rings (SSSR count). The average molecular weight is 213 g/mol. The Bertz CT molecular complexity index is 246. The second-order valence-corrected chi connectivity index (χ2v) is 4.22. The Morgan fingerprint density at radius 1 is 1.38 bits per heavy atom. The van der Waals surface area contributed by atoms with Crippen LogP contribution in [0.15, 0.2) is 29.2 Å². The molecule has 0 bridgehead atoms. The predicted octanol–water partition coefficient (Wildman–Crippen LogP) is 2.73. The topological polar surface area (TPSA) is 26.0 Å². The number of thioether (sulfide) groups is 1. The second kappa shape index (κ2) is 5.58. The lowest BCUT2D eigenvalue weighted by Gasteiger charge is -2.10. The predicted molar refractivity (Wildman–Crippen MR) is 63.6 cm³/mol. The van der Waals surface area contributed by atoms with Gasteiger partial charge in [0, 0.05) is 10.9 Å². The standard InChI is InChI=1S/C10H15NS2/c1-13-9-4-2-8(3-5-9)10(11)6-7-12/h2-5,10,12H,6-7,11H2,1H3. The first kappa shape index (κ1) is 11.0. The lowest BCUT2D eigenvalue weighted by molar-refractivity contribution is 0.706. The van der Waals surface area contributed by atoms with E-state index in [-0.39, 0.29) is 6.04 Å². The molecule has 0 fully saturated rings. The Morgan fingerprint density at radius 3 is 2.46 bits per heavy atom. The monoisotopic (exact) mass is 213 g/mol. The molecule has 0 amide bonds. The summed E-state index contributed by atoms with van der Waals surface area (Å²) in [7, 11) is 0. The highest BCUT2D eigenvalue weighted by Crippen LogP contribution is 2.19. The fraction of sp³-hybridized carbons (Fsp3) is 0.400. The van der Waals surface area contributed by atoms with E-state index < -0.39 is 0 Å². The van der Waals surface area contributed by atoms with Crippen LogP contribution in [-0.4, -0.2) is 12.0 Å². The first-order valence-corrected chi connectivity index (χ1v) is 6.14.